The smallest absolute Gasteiger partial charge is 0.135 e. The van der Waals surface area contributed by atoms with E-state index in [1.807, 2.05) is 35.9 Å². The summed E-state index contributed by atoms with van der Waals surface area (Å²) < 4.78 is 18.1. The molecule has 0 aliphatic carbocycles. The van der Waals surface area contributed by atoms with Crippen LogP contribution < -0.4 is 0 Å². The van der Waals surface area contributed by atoms with Crippen LogP contribution in [0.15, 0.2) is 269 Å². The summed E-state index contributed by atoms with van der Waals surface area (Å²) in [6, 6.07) is 88.0. The lowest BCUT2D eigenvalue weighted by atomic mass is 9.93. The van der Waals surface area contributed by atoms with Gasteiger partial charge >= 0.3 is 0 Å². The number of benzene rings is 11. The molecule has 16 aromatic rings. The number of rotatable bonds is 8. The zero-order valence-electron chi connectivity index (χ0n) is 44.3. The van der Waals surface area contributed by atoms with Crippen molar-refractivity contribution in [2.45, 2.75) is 12.8 Å². The molecule has 6 heteroatoms. The minimum absolute atomic E-state index is 0.862. The largest absolute Gasteiger partial charge is 0.456 e. The van der Waals surface area contributed by atoms with E-state index in [4.69, 9.17) is 18.8 Å². The average molecular weight is 1070 g/mol. The Morgan fingerprint density at radius 3 is 1.50 bits per heavy atom. The molecule has 0 N–H and O–H groups in total. The summed E-state index contributed by atoms with van der Waals surface area (Å²) in [6.07, 6.45) is 8.14. The third kappa shape index (κ3) is 7.53. The first-order chi connectivity index (χ1) is 40.6. The van der Waals surface area contributed by atoms with Gasteiger partial charge in [0.2, 0.25) is 0 Å². The van der Waals surface area contributed by atoms with Crippen LogP contribution in [-0.2, 0) is 0 Å². The van der Waals surface area contributed by atoms with Gasteiger partial charge in [0.25, 0.3) is 0 Å². The fourth-order valence-corrected chi connectivity index (χ4v) is 14.0. The quantitative estimate of drug-likeness (QED) is 0.152. The van der Waals surface area contributed by atoms with Crippen molar-refractivity contribution in [2.24, 2.45) is 4.99 Å². The maximum atomic E-state index is 6.66. The molecule has 0 amide bonds. The van der Waals surface area contributed by atoms with E-state index < -0.39 is 0 Å². The van der Waals surface area contributed by atoms with Gasteiger partial charge < -0.3 is 13.4 Å². The highest BCUT2D eigenvalue weighted by Gasteiger charge is 2.21. The van der Waals surface area contributed by atoms with Crippen molar-refractivity contribution >= 4 is 109 Å². The molecule has 5 nitrogen and oxygen atoms in total. The average Bonchev–Trinajstić information content (AvgIpc) is 3.99. The van der Waals surface area contributed by atoms with E-state index in [0.717, 1.165) is 129 Å². The van der Waals surface area contributed by atoms with Gasteiger partial charge in [-0.3, -0.25) is 9.98 Å². The number of thiophene rings is 1. The standard InChI is InChI=1S/C76H47N3O2S/c1-2-14-53(15-3-1)79-69-30-24-46(38-60(69)61-41-49(25-31-70(61)79)54-16-4-6-18-56(54)67-21-10-12-36-77-67)47-26-32-71-62(39-47)65-43-51(29-35-74(65)80-71)59-44-52(45-66-58-20-8-9-23-75(58)82-76(59)66)48-27-33-72-63(40-48)64-42-50(28-34-73(64)81-72)55-17-5-7-19-57(55)68-22-11-13-37-78-68/h1-9,11,13-45H,10,12H2. The predicted octanol–water partition coefficient (Wildman–Crippen LogP) is 21.6. The molecule has 384 valence electrons. The molecule has 11 aromatic carbocycles. The van der Waals surface area contributed by atoms with Gasteiger partial charge in [0.1, 0.15) is 22.3 Å². The van der Waals surface area contributed by atoms with Crippen molar-refractivity contribution < 1.29 is 8.83 Å². The highest BCUT2D eigenvalue weighted by atomic mass is 32.1. The Kier molecular flexibility index (Phi) is 10.5. The molecule has 0 unspecified atom stereocenters. The number of aliphatic imine (C=N–C) groups is 1. The lowest BCUT2D eigenvalue weighted by Gasteiger charge is -2.13. The van der Waals surface area contributed by atoms with Crippen LogP contribution in [-0.4, -0.2) is 15.8 Å². The second-order valence-electron chi connectivity index (χ2n) is 21.5. The Bertz CT molecular complexity index is 5350. The Morgan fingerprint density at radius 2 is 0.854 bits per heavy atom. The normalized spacial score (nSPS) is 12.8. The van der Waals surface area contributed by atoms with Crippen molar-refractivity contribution in [3.05, 3.63) is 260 Å². The summed E-state index contributed by atoms with van der Waals surface area (Å²) in [5, 5.41) is 9.24. The Morgan fingerprint density at radius 1 is 0.354 bits per heavy atom. The number of nitrogens with zero attached hydrogens (tertiary/aromatic N) is 3. The van der Waals surface area contributed by atoms with Crippen LogP contribution in [0.4, 0.5) is 0 Å². The van der Waals surface area contributed by atoms with Crippen LogP contribution >= 0.6 is 11.3 Å². The van der Waals surface area contributed by atoms with Crippen LogP contribution in [0.5, 0.6) is 0 Å². The third-order valence-electron chi connectivity index (χ3n) is 16.7. The Hall–Kier alpha value is -10.4. The molecule has 82 heavy (non-hydrogen) atoms. The van der Waals surface area contributed by atoms with Gasteiger partial charge in [0, 0.05) is 87.3 Å². The van der Waals surface area contributed by atoms with Gasteiger partial charge in [-0.1, -0.05) is 133 Å². The number of pyridine rings is 1. The summed E-state index contributed by atoms with van der Waals surface area (Å²) in [5.74, 6) is 0. The van der Waals surface area contributed by atoms with E-state index in [1.54, 1.807) is 0 Å². The molecule has 0 saturated heterocycles. The maximum absolute atomic E-state index is 6.66. The lowest BCUT2D eigenvalue weighted by Crippen LogP contribution is -1.94. The molecule has 17 rings (SSSR count). The van der Waals surface area contributed by atoms with Crippen molar-refractivity contribution in [1.82, 2.24) is 9.55 Å². The molecule has 5 aromatic heterocycles. The van der Waals surface area contributed by atoms with Crippen molar-refractivity contribution in [1.29, 1.82) is 0 Å². The van der Waals surface area contributed by atoms with E-state index in [2.05, 4.69) is 241 Å². The van der Waals surface area contributed by atoms with Gasteiger partial charge in [0.05, 0.1) is 22.4 Å². The molecule has 0 saturated carbocycles. The zero-order chi connectivity index (χ0) is 53.8. The van der Waals surface area contributed by atoms with Crippen molar-refractivity contribution in [3.8, 4) is 72.6 Å². The summed E-state index contributed by atoms with van der Waals surface area (Å²) in [5.41, 5.74) is 22.6. The molecule has 0 spiro atoms. The third-order valence-corrected chi connectivity index (χ3v) is 18.0. The predicted molar refractivity (Wildman–Crippen MR) is 344 cm³/mol. The molecule has 1 aliphatic rings. The van der Waals surface area contributed by atoms with Crippen molar-refractivity contribution in [3.63, 3.8) is 0 Å². The van der Waals surface area contributed by atoms with Gasteiger partial charge in [-0.15, -0.1) is 11.3 Å². The van der Waals surface area contributed by atoms with Crippen LogP contribution in [0, 0.1) is 0 Å². The SMILES string of the molecule is C1=NC(c2ccccc2-c2ccc3c(c2)c2cc(-c4ccc5oc6ccc(-c7cc(-c8ccc9oc%10ccc(-c%11ccccc%11-c%11ccccn%11)cc%10c9c8)cc8c7sc7ccccc78)cc6c5c4)ccc2n3-c2ccccc2)=CCC1. The maximum Gasteiger partial charge on any atom is 0.135 e. The fourth-order valence-electron chi connectivity index (χ4n) is 12.8. The number of para-hydroxylation sites is 1. The minimum atomic E-state index is 0.862. The first kappa shape index (κ1) is 46.5. The second kappa shape index (κ2) is 18.6. The first-order valence-electron chi connectivity index (χ1n) is 28.0. The molecule has 0 atom stereocenters. The summed E-state index contributed by atoms with van der Waals surface area (Å²) >= 11 is 1.86. The minimum Gasteiger partial charge on any atom is -0.456 e. The molecule has 0 fully saturated rings. The molecular formula is C76H47N3O2S. The van der Waals surface area contributed by atoms with Gasteiger partial charge in [-0.25, -0.2) is 0 Å². The van der Waals surface area contributed by atoms with Crippen LogP contribution in [0.3, 0.4) is 0 Å². The Labute approximate surface area is 475 Å². The van der Waals surface area contributed by atoms with Crippen LogP contribution in [0.2, 0.25) is 0 Å². The van der Waals surface area contributed by atoms with Gasteiger partial charge in [-0.2, -0.15) is 0 Å². The fraction of sp³-hybridized carbons (Fsp3) is 0.0263. The number of allylic oxidation sites excluding steroid dienone is 1. The summed E-state index contributed by atoms with van der Waals surface area (Å²) in [4.78, 5) is 9.54. The number of furan rings is 2. The molecule has 1 aliphatic heterocycles. The zero-order valence-corrected chi connectivity index (χ0v) is 45.1. The lowest BCUT2D eigenvalue weighted by molar-refractivity contribution is 0.668. The Balaban J connectivity index is 0.791. The molecule has 0 bridgehead atoms. The monoisotopic (exact) mass is 1070 g/mol. The number of aromatic nitrogens is 2. The summed E-state index contributed by atoms with van der Waals surface area (Å²) in [6.45, 7) is 0. The second-order valence-corrected chi connectivity index (χ2v) is 22.5. The van der Waals surface area contributed by atoms with E-state index >= 15 is 0 Å². The first-order valence-corrected chi connectivity index (χ1v) is 28.8. The van der Waals surface area contributed by atoms with Crippen LogP contribution in [0.25, 0.3) is 164 Å². The van der Waals surface area contributed by atoms with Crippen molar-refractivity contribution in [2.75, 3.05) is 0 Å². The highest BCUT2D eigenvalue weighted by molar-refractivity contribution is 7.26. The number of hydrogen-bond donors (Lipinski definition) is 0. The molecule has 6 heterocycles. The molecular weight excluding hydrogens is 1020 g/mol. The van der Waals surface area contributed by atoms with E-state index in [0.29, 0.717) is 0 Å². The van der Waals surface area contributed by atoms with Gasteiger partial charge in [-0.05, 0) is 178 Å². The van der Waals surface area contributed by atoms with E-state index in [9.17, 15) is 0 Å². The van der Waals surface area contributed by atoms with Crippen LogP contribution in [0.1, 0.15) is 18.4 Å². The molecule has 0 radical (unpaired) electrons. The highest BCUT2D eigenvalue weighted by Crippen LogP contribution is 2.47. The topological polar surface area (TPSA) is 56.5 Å². The van der Waals surface area contributed by atoms with Gasteiger partial charge in [0.15, 0.2) is 0 Å². The van der Waals surface area contributed by atoms with E-state index in [-0.39, 0.29) is 0 Å². The number of hydrogen-bond acceptors (Lipinski definition) is 5. The summed E-state index contributed by atoms with van der Waals surface area (Å²) in [7, 11) is 0. The van der Waals surface area contributed by atoms with E-state index in [1.165, 1.54) is 53.2 Å². The number of fused-ring (bicyclic) bond motifs is 12.